The Morgan fingerprint density at radius 2 is 2.00 bits per heavy atom. The van der Waals surface area contributed by atoms with Crippen molar-refractivity contribution in [1.29, 1.82) is 0 Å². The zero-order valence-corrected chi connectivity index (χ0v) is 14.3. The molecular formula is C19H23FN4O. The van der Waals surface area contributed by atoms with Crippen molar-refractivity contribution < 1.29 is 9.13 Å². The Morgan fingerprint density at radius 3 is 2.84 bits per heavy atom. The lowest BCUT2D eigenvalue weighted by Gasteiger charge is -2.31. The summed E-state index contributed by atoms with van der Waals surface area (Å²) in [4.78, 5) is 13.4. The van der Waals surface area contributed by atoms with Gasteiger partial charge in [-0.2, -0.15) is 0 Å². The molecule has 0 amide bonds. The van der Waals surface area contributed by atoms with E-state index in [9.17, 15) is 4.39 Å². The molecule has 2 saturated heterocycles. The zero-order valence-electron chi connectivity index (χ0n) is 14.3. The third-order valence-corrected chi connectivity index (χ3v) is 5.09. The number of aromatic nitrogens is 2. The summed E-state index contributed by atoms with van der Waals surface area (Å²) < 4.78 is 19.4. The molecule has 0 N–H and O–H groups in total. The molecule has 0 radical (unpaired) electrons. The minimum absolute atomic E-state index is 0.0863. The number of anilines is 1. The maximum absolute atomic E-state index is 13.5. The van der Waals surface area contributed by atoms with Crippen LogP contribution in [0.1, 0.15) is 12.0 Å². The van der Waals surface area contributed by atoms with Crippen LogP contribution < -0.4 is 4.90 Å². The fourth-order valence-electron chi connectivity index (χ4n) is 3.92. The lowest BCUT2D eigenvalue weighted by Crippen LogP contribution is -2.40. The fraction of sp³-hybridized carbons (Fsp3) is 0.474. The van der Waals surface area contributed by atoms with Gasteiger partial charge in [-0.05, 0) is 30.2 Å². The Bertz CT molecular complexity index is 714. The highest BCUT2D eigenvalue weighted by atomic mass is 19.1. The number of hydrogen-bond acceptors (Lipinski definition) is 5. The van der Waals surface area contributed by atoms with Crippen molar-refractivity contribution in [3.05, 3.63) is 54.1 Å². The Morgan fingerprint density at radius 1 is 1.12 bits per heavy atom. The summed E-state index contributed by atoms with van der Waals surface area (Å²) in [5.41, 5.74) is 1.10. The van der Waals surface area contributed by atoms with Crippen molar-refractivity contribution in [2.45, 2.75) is 13.0 Å². The van der Waals surface area contributed by atoms with Gasteiger partial charge in [0.2, 0.25) is 5.95 Å². The van der Waals surface area contributed by atoms with Crippen LogP contribution in [0, 0.1) is 11.2 Å². The Balaban J connectivity index is 1.46. The Hall–Kier alpha value is -2.05. The summed E-state index contributed by atoms with van der Waals surface area (Å²) in [6.07, 6.45) is 4.63. The van der Waals surface area contributed by atoms with Gasteiger partial charge in [-0.15, -0.1) is 0 Å². The van der Waals surface area contributed by atoms with Gasteiger partial charge < -0.3 is 9.64 Å². The van der Waals surface area contributed by atoms with Crippen LogP contribution in [0.3, 0.4) is 0 Å². The van der Waals surface area contributed by atoms with Gasteiger partial charge in [0.1, 0.15) is 5.82 Å². The van der Waals surface area contributed by atoms with E-state index in [0.717, 1.165) is 63.9 Å². The summed E-state index contributed by atoms with van der Waals surface area (Å²) >= 11 is 0. The number of ether oxygens (including phenoxy) is 1. The number of nitrogens with zero attached hydrogens (tertiary/aromatic N) is 4. The van der Waals surface area contributed by atoms with Gasteiger partial charge in [-0.3, -0.25) is 4.90 Å². The predicted molar refractivity (Wildman–Crippen MR) is 93.8 cm³/mol. The lowest BCUT2D eigenvalue weighted by molar-refractivity contribution is 0.0798. The van der Waals surface area contributed by atoms with Crippen LogP contribution >= 0.6 is 0 Å². The fourth-order valence-corrected chi connectivity index (χ4v) is 3.92. The van der Waals surface area contributed by atoms with Crippen LogP contribution in [-0.4, -0.2) is 54.3 Å². The molecule has 4 rings (SSSR count). The molecule has 25 heavy (non-hydrogen) atoms. The third kappa shape index (κ3) is 3.80. The van der Waals surface area contributed by atoms with Crippen molar-refractivity contribution in [1.82, 2.24) is 14.9 Å². The van der Waals surface area contributed by atoms with Crippen LogP contribution in [0.25, 0.3) is 0 Å². The van der Waals surface area contributed by atoms with Crippen molar-refractivity contribution in [2.75, 3.05) is 44.3 Å². The van der Waals surface area contributed by atoms with Crippen molar-refractivity contribution >= 4 is 5.95 Å². The monoisotopic (exact) mass is 342 g/mol. The normalized spacial score (nSPS) is 24.6. The van der Waals surface area contributed by atoms with Gasteiger partial charge in [-0.25, -0.2) is 14.4 Å². The molecule has 1 atom stereocenters. The summed E-state index contributed by atoms with van der Waals surface area (Å²) in [6, 6.07) is 8.71. The standard InChI is InChI=1S/C19H23FN4O/c20-17-4-1-3-16(11-17)12-23-9-10-25-15-19(13-23)5-8-24(14-19)18-21-6-2-7-22-18/h1-4,6-7,11H,5,8-10,12-15H2. The van der Waals surface area contributed by atoms with E-state index in [1.807, 2.05) is 12.1 Å². The van der Waals surface area contributed by atoms with Gasteiger partial charge >= 0.3 is 0 Å². The second-order valence-electron chi connectivity index (χ2n) is 7.11. The first-order valence-electron chi connectivity index (χ1n) is 8.79. The van der Waals surface area contributed by atoms with Crippen LogP contribution in [0.4, 0.5) is 10.3 Å². The van der Waals surface area contributed by atoms with Crippen molar-refractivity contribution in [2.24, 2.45) is 5.41 Å². The molecule has 0 bridgehead atoms. The minimum atomic E-state index is -0.174. The van der Waals surface area contributed by atoms with Crippen LogP contribution in [0.2, 0.25) is 0 Å². The van der Waals surface area contributed by atoms with E-state index < -0.39 is 0 Å². The molecule has 6 heteroatoms. The molecule has 2 aromatic rings. The van der Waals surface area contributed by atoms with Crippen LogP contribution in [-0.2, 0) is 11.3 Å². The zero-order chi connectivity index (χ0) is 17.1. The number of benzene rings is 1. The minimum Gasteiger partial charge on any atom is -0.379 e. The SMILES string of the molecule is Fc1cccc(CN2CCOCC3(CCN(c4ncccn4)C3)C2)c1. The van der Waals surface area contributed by atoms with E-state index in [1.54, 1.807) is 24.5 Å². The summed E-state index contributed by atoms with van der Waals surface area (Å²) in [6.45, 7) is 5.91. The maximum atomic E-state index is 13.5. The summed E-state index contributed by atoms with van der Waals surface area (Å²) in [7, 11) is 0. The molecule has 1 aromatic heterocycles. The first-order valence-corrected chi connectivity index (χ1v) is 8.79. The second-order valence-corrected chi connectivity index (χ2v) is 7.11. The molecule has 0 saturated carbocycles. The number of hydrogen-bond donors (Lipinski definition) is 0. The van der Waals surface area contributed by atoms with Gasteiger partial charge in [0, 0.05) is 50.5 Å². The van der Waals surface area contributed by atoms with E-state index >= 15 is 0 Å². The topological polar surface area (TPSA) is 41.5 Å². The predicted octanol–water partition coefficient (Wildman–Crippen LogP) is 2.34. The van der Waals surface area contributed by atoms with Gasteiger partial charge in [-0.1, -0.05) is 12.1 Å². The largest absolute Gasteiger partial charge is 0.379 e. The first kappa shape index (κ1) is 16.4. The quantitative estimate of drug-likeness (QED) is 0.856. The first-order chi connectivity index (χ1) is 12.2. The second kappa shape index (κ2) is 7.06. The molecule has 2 aliphatic rings. The highest BCUT2D eigenvalue weighted by molar-refractivity contribution is 5.32. The number of rotatable bonds is 3. The van der Waals surface area contributed by atoms with Gasteiger partial charge in [0.15, 0.2) is 0 Å². The molecule has 1 unspecified atom stereocenters. The molecule has 2 fully saturated rings. The van der Waals surface area contributed by atoms with Gasteiger partial charge in [0.25, 0.3) is 0 Å². The molecule has 2 aliphatic heterocycles. The smallest absolute Gasteiger partial charge is 0.225 e. The van der Waals surface area contributed by atoms with E-state index in [-0.39, 0.29) is 11.2 Å². The van der Waals surface area contributed by atoms with Crippen LogP contribution in [0.15, 0.2) is 42.7 Å². The lowest BCUT2D eigenvalue weighted by atomic mass is 9.87. The molecular weight excluding hydrogens is 319 g/mol. The van der Waals surface area contributed by atoms with E-state index in [1.165, 1.54) is 6.07 Å². The van der Waals surface area contributed by atoms with Gasteiger partial charge in [0.05, 0.1) is 13.2 Å². The average molecular weight is 342 g/mol. The van der Waals surface area contributed by atoms with Crippen molar-refractivity contribution in [3.8, 4) is 0 Å². The van der Waals surface area contributed by atoms with E-state index in [0.29, 0.717) is 0 Å². The van der Waals surface area contributed by atoms with E-state index in [2.05, 4.69) is 19.8 Å². The van der Waals surface area contributed by atoms with Crippen LogP contribution in [0.5, 0.6) is 0 Å². The molecule has 5 nitrogen and oxygen atoms in total. The number of halogens is 1. The van der Waals surface area contributed by atoms with E-state index in [4.69, 9.17) is 4.74 Å². The Labute approximate surface area is 147 Å². The molecule has 3 heterocycles. The Kier molecular flexibility index (Phi) is 4.63. The average Bonchev–Trinajstić information content (AvgIpc) is 2.93. The highest BCUT2D eigenvalue weighted by Crippen LogP contribution is 2.35. The summed E-state index contributed by atoms with van der Waals surface area (Å²) in [5.74, 6) is 0.617. The molecule has 1 aromatic carbocycles. The molecule has 1 spiro atoms. The highest BCUT2D eigenvalue weighted by Gasteiger charge is 2.41. The van der Waals surface area contributed by atoms with Crippen molar-refractivity contribution in [3.63, 3.8) is 0 Å². The third-order valence-electron chi connectivity index (χ3n) is 5.09. The summed E-state index contributed by atoms with van der Waals surface area (Å²) in [5, 5.41) is 0. The molecule has 0 aliphatic carbocycles. The molecule has 132 valence electrons. The maximum Gasteiger partial charge on any atom is 0.225 e.